The van der Waals surface area contributed by atoms with Gasteiger partial charge in [0.2, 0.25) is 5.89 Å². The van der Waals surface area contributed by atoms with Crippen molar-refractivity contribution in [2.45, 2.75) is 64.6 Å². The molecule has 8 nitrogen and oxygen atoms in total. The third-order valence-corrected chi connectivity index (χ3v) is 7.82. The van der Waals surface area contributed by atoms with E-state index in [0.717, 1.165) is 44.5 Å². The van der Waals surface area contributed by atoms with Crippen molar-refractivity contribution >= 4 is 17.5 Å². The fraction of sp³-hybridized carbons (Fsp3) is 0.433. The monoisotopic (exact) mass is 516 g/mol. The van der Waals surface area contributed by atoms with E-state index in [4.69, 9.17) is 9.15 Å². The number of hydrogen-bond acceptors (Lipinski definition) is 6. The number of amides is 2. The van der Waals surface area contributed by atoms with Crippen LogP contribution in [-0.4, -0.2) is 47.4 Å². The van der Waals surface area contributed by atoms with Gasteiger partial charge in [0.25, 0.3) is 11.8 Å². The second-order valence-electron chi connectivity index (χ2n) is 10.8. The zero-order chi connectivity index (χ0) is 26.7. The Bertz CT molecular complexity index is 1280. The Morgan fingerprint density at radius 1 is 1.11 bits per heavy atom. The zero-order valence-corrected chi connectivity index (χ0v) is 22.4. The highest BCUT2D eigenvalue weighted by atomic mass is 16.5. The summed E-state index contributed by atoms with van der Waals surface area (Å²) in [4.78, 5) is 34.1. The number of hydrogen-bond donors (Lipinski definition) is 1. The van der Waals surface area contributed by atoms with Crippen molar-refractivity contribution in [1.82, 2.24) is 15.2 Å². The first-order valence-electron chi connectivity index (χ1n) is 13.4. The maximum atomic E-state index is 12.9. The molecule has 0 spiro atoms. The van der Waals surface area contributed by atoms with E-state index < -0.39 is 0 Å². The summed E-state index contributed by atoms with van der Waals surface area (Å²) in [6, 6.07) is 16.5. The molecule has 0 unspecified atom stereocenters. The number of piperidine rings is 1. The fourth-order valence-corrected chi connectivity index (χ4v) is 4.96. The molecule has 1 fully saturated rings. The molecule has 1 aromatic heterocycles. The van der Waals surface area contributed by atoms with Crippen LogP contribution < -0.4 is 15.0 Å². The van der Waals surface area contributed by atoms with Gasteiger partial charge >= 0.3 is 0 Å². The first-order valence-corrected chi connectivity index (χ1v) is 13.4. The molecule has 2 aliphatic rings. The number of nitrogens with one attached hydrogen (secondary N) is 1. The molecule has 5 rings (SSSR count). The van der Waals surface area contributed by atoms with E-state index in [1.165, 1.54) is 11.8 Å². The number of aromatic nitrogens is 1. The molecule has 38 heavy (non-hydrogen) atoms. The van der Waals surface area contributed by atoms with Crippen LogP contribution in [0, 0.1) is 0 Å². The molecule has 1 saturated heterocycles. The number of likely N-dealkylation sites (tertiary alicyclic amines) is 1. The van der Waals surface area contributed by atoms with Crippen LogP contribution in [-0.2, 0) is 23.3 Å². The van der Waals surface area contributed by atoms with Crippen molar-refractivity contribution in [1.29, 1.82) is 0 Å². The lowest BCUT2D eigenvalue weighted by molar-refractivity contribution is -0.121. The highest BCUT2D eigenvalue weighted by Crippen LogP contribution is 2.38. The van der Waals surface area contributed by atoms with Crippen LogP contribution in [0.1, 0.15) is 67.5 Å². The number of carbonyl (C=O) groups is 2. The van der Waals surface area contributed by atoms with E-state index in [1.54, 1.807) is 4.90 Å². The van der Waals surface area contributed by atoms with E-state index in [9.17, 15) is 9.59 Å². The first kappa shape index (κ1) is 26.0. The summed E-state index contributed by atoms with van der Waals surface area (Å²) in [6.07, 6.45) is 4.11. The fourth-order valence-electron chi connectivity index (χ4n) is 4.96. The minimum atomic E-state index is -0.248. The first-order chi connectivity index (χ1) is 18.3. The number of fused-ring (bicyclic) bond motifs is 1. The summed E-state index contributed by atoms with van der Waals surface area (Å²) in [5.74, 6) is 0.551. The van der Waals surface area contributed by atoms with Gasteiger partial charge in [0.15, 0.2) is 12.3 Å². The van der Waals surface area contributed by atoms with Gasteiger partial charge in [0.1, 0.15) is 18.6 Å². The molecule has 2 aliphatic heterocycles. The van der Waals surface area contributed by atoms with Crippen molar-refractivity contribution in [3.05, 3.63) is 77.5 Å². The molecule has 0 radical (unpaired) electrons. The Morgan fingerprint density at radius 3 is 2.61 bits per heavy atom. The highest BCUT2D eigenvalue weighted by molar-refractivity contribution is 5.98. The second-order valence-corrected chi connectivity index (χ2v) is 10.8. The average Bonchev–Trinajstić information content (AvgIpc) is 3.41. The third kappa shape index (κ3) is 5.75. The minimum Gasteiger partial charge on any atom is -0.482 e. The quantitative estimate of drug-likeness (QED) is 0.468. The van der Waals surface area contributed by atoms with Gasteiger partial charge in [-0.2, -0.15) is 0 Å². The van der Waals surface area contributed by atoms with Crippen molar-refractivity contribution in [2.24, 2.45) is 0 Å². The predicted octanol–water partition coefficient (Wildman–Crippen LogP) is 4.68. The number of oxazole rings is 1. The predicted molar refractivity (Wildman–Crippen MR) is 145 cm³/mol. The topological polar surface area (TPSA) is 87.9 Å². The van der Waals surface area contributed by atoms with Crippen LogP contribution in [0.2, 0.25) is 0 Å². The number of anilines is 1. The van der Waals surface area contributed by atoms with Gasteiger partial charge in [-0.05, 0) is 47.9 Å². The number of carbonyl (C=O) groups excluding carboxylic acids is 2. The van der Waals surface area contributed by atoms with E-state index in [1.807, 2.05) is 18.2 Å². The Morgan fingerprint density at radius 2 is 1.87 bits per heavy atom. The smallest absolute Gasteiger partial charge is 0.273 e. The van der Waals surface area contributed by atoms with Gasteiger partial charge in [-0.15, -0.1) is 0 Å². The summed E-state index contributed by atoms with van der Waals surface area (Å²) in [7, 11) is 0. The van der Waals surface area contributed by atoms with Crippen molar-refractivity contribution < 1.29 is 18.7 Å². The molecular weight excluding hydrogens is 480 g/mol. The van der Waals surface area contributed by atoms with Gasteiger partial charge in [-0.25, -0.2) is 4.98 Å². The Labute approximate surface area is 224 Å². The van der Waals surface area contributed by atoms with Gasteiger partial charge < -0.3 is 14.5 Å². The summed E-state index contributed by atoms with van der Waals surface area (Å²) in [5, 5.41) is 3.10. The van der Waals surface area contributed by atoms with Crippen molar-refractivity contribution in [3.63, 3.8) is 0 Å². The van der Waals surface area contributed by atoms with Crippen LogP contribution in [0.15, 0.2) is 59.2 Å². The summed E-state index contributed by atoms with van der Waals surface area (Å²) in [6.45, 7) is 9.38. The normalized spacial score (nSPS) is 16.7. The molecular formula is C30H36N4O4. The number of rotatable bonds is 8. The number of benzene rings is 2. The molecule has 0 aliphatic carbocycles. The van der Waals surface area contributed by atoms with Gasteiger partial charge in [0, 0.05) is 25.7 Å². The zero-order valence-electron chi connectivity index (χ0n) is 22.4. The lowest BCUT2D eigenvalue weighted by Gasteiger charge is -2.32. The molecule has 2 aromatic carbocycles. The summed E-state index contributed by atoms with van der Waals surface area (Å²) >= 11 is 0. The molecule has 0 bridgehead atoms. The standard InChI is InChI=1S/C30H36N4O4/c1-4-30(2,3)22-10-11-26-25(16-22)34(28(35)20-37-26)18-27-32-24(19-38-27)29(36)31-23-12-14-33(15-13-23)17-21-8-6-5-7-9-21/h5-11,16,19,23H,4,12-15,17-18,20H2,1-3H3,(H,31,36). The summed E-state index contributed by atoms with van der Waals surface area (Å²) < 4.78 is 11.3. The van der Waals surface area contributed by atoms with Crippen LogP contribution in [0.25, 0.3) is 0 Å². The third-order valence-electron chi connectivity index (χ3n) is 7.82. The summed E-state index contributed by atoms with van der Waals surface area (Å²) in [5.41, 5.74) is 3.33. The Balaban J connectivity index is 1.20. The van der Waals surface area contributed by atoms with Crippen molar-refractivity contribution in [2.75, 3.05) is 24.6 Å². The Kier molecular flexibility index (Phi) is 7.51. The number of nitrogens with zero attached hydrogens (tertiary/aromatic N) is 3. The van der Waals surface area contributed by atoms with E-state index in [0.29, 0.717) is 17.3 Å². The molecule has 8 heteroatoms. The minimum absolute atomic E-state index is 0.0346. The molecule has 3 aromatic rings. The molecule has 2 amide bonds. The van der Waals surface area contributed by atoms with Crippen LogP contribution in [0.3, 0.4) is 0 Å². The molecule has 3 heterocycles. The average molecular weight is 517 g/mol. The van der Waals surface area contributed by atoms with Crippen LogP contribution >= 0.6 is 0 Å². The lowest BCUT2D eigenvalue weighted by Crippen LogP contribution is -2.44. The van der Waals surface area contributed by atoms with E-state index in [2.05, 4.69) is 66.3 Å². The van der Waals surface area contributed by atoms with Crippen LogP contribution in [0.4, 0.5) is 5.69 Å². The molecule has 0 saturated carbocycles. The number of ether oxygens (including phenoxy) is 1. The largest absolute Gasteiger partial charge is 0.482 e. The van der Waals surface area contributed by atoms with Gasteiger partial charge in [0.05, 0.1) is 5.69 Å². The van der Waals surface area contributed by atoms with E-state index in [-0.39, 0.29) is 42.1 Å². The molecule has 1 N–H and O–H groups in total. The van der Waals surface area contributed by atoms with Crippen molar-refractivity contribution in [3.8, 4) is 5.75 Å². The maximum absolute atomic E-state index is 12.9. The molecule has 200 valence electrons. The SMILES string of the molecule is CCC(C)(C)c1ccc2c(c1)N(Cc1nc(C(=O)NC3CCN(Cc4ccccc4)CC3)co1)C(=O)CO2. The highest BCUT2D eigenvalue weighted by Gasteiger charge is 2.30. The maximum Gasteiger partial charge on any atom is 0.273 e. The van der Waals surface area contributed by atoms with Gasteiger partial charge in [-0.1, -0.05) is 57.2 Å². The lowest BCUT2D eigenvalue weighted by atomic mass is 9.82. The Hall–Kier alpha value is -3.65. The second kappa shape index (κ2) is 11.0. The molecule has 0 atom stereocenters. The van der Waals surface area contributed by atoms with Crippen LogP contribution in [0.5, 0.6) is 5.75 Å². The van der Waals surface area contributed by atoms with E-state index >= 15 is 0 Å². The van der Waals surface area contributed by atoms with Gasteiger partial charge in [-0.3, -0.25) is 19.4 Å².